The summed E-state index contributed by atoms with van der Waals surface area (Å²) in [5.74, 6) is -0.778. The Morgan fingerprint density at radius 3 is 2.90 bits per heavy atom. The molecule has 3 rings (SSSR count). The minimum Gasteiger partial charge on any atom is -0.481 e. The van der Waals surface area contributed by atoms with Gasteiger partial charge in [-0.15, -0.1) is 23.1 Å². The van der Waals surface area contributed by atoms with Crippen LogP contribution in [0.15, 0.2) is 29.2 Å². The fourth-order valence-electron chi connectivity index (χ4n) is 2.26. The number of carbonyl (C=O) groups is 1. The number of carboxylic acid groups (broad SMARTS) is 1. The van der Waals surface area contributed by atoms with Crippen molar-refractivity contribution < 1.29 is 14.3 Å². The summed E-state index contributed by atoms with van der Waals surface area (Å²) in [4.78, 5) is 17.7. The molecule has 1 aliphatic rings. The number of rotatable bonds is 4. The molecule has 1 aromatic heterocycles. The van der Waals surface area contributed by atoms with E-state index in [1.54, 1.807) is 35.2 Å². The average molecular weight is 309 g/mol. The molecule has 0 radical (unpaired) electrons. The second-order valence-electron chi connectivity index (χ2n) is 4.59. The van der Waals surface area contributed by atoms with Crippen LogP contribution in [-0.2, 0) is 17.0 Å². The molecule has 1 N–H and O–H groups in total. The second kappa shape index (κ2) is 5.54. The highest BCUT2D eigenvalue weighted by atomic mass is 32.2. The summed E-state index contributed by atoms with van der Waals surface area (Å²) in [5, 5.41) is 10.1. The third-order valence-electron chi connectivity index (χ3n) is 3.24. The number of benzene rings is 1. The summed E-state index contributed by atoms with van der Waals surface area (Å²) in [6, 6.07) is 6.35. The van der Waals surface area contributed by atoms with Crippen molar-refractivity contribution in [3.05, 3.63) is 45.7 Å². The number of fused-ring (bicyclic) bond motifs is 1. The van der Waals surface area contributed by atoms with E-state index in [0.29, 0.717) is 12.2 Å². The predicted octanol–water partition coefficient (Wildman–Crippen LogP) is 3.69. The number of nitrogens with zero attached hydrogens (tertiary/aromatic N) is 1. The first kappa shape index (κ1) is 13.6. The van der Waals surface area contributed by atoms with E-state index in [1.807, 2.05) is 0 Å². The Bertz CT molecular complexity index is 639. The lowest BCUT2D eigenvalue weighted by atomic mass is 10.1. The molecule has 6 heteroatoms. The Balaban J connectivity index is 1.69. The summed E-state index contributed by atoms with van der Waals surface area (Å²) in [5.41, 5.74) is 0.747. The van der Waals surface area contributed by atoms with Crippen molar-refractivity contribution >= 4 is 29.1 Å². The number of carboxylic acids is 1. The smallest absolute Gasteiger partial charge is 0.312 e. The van der Waals surface area contributed by atoms with Crippen LogP contribution < -0.4 is 0 Å². The van der Waals surface area contributed by atoms with Crippen LogP contribution in [0.25, 0.3) is 0 Å². The van der Waals surface area contributed by atoms with Crippen LogP contribution in [0.2, 0.25) is 0 Å². The van der Waals surface area contributed by atoms with Crippen molar-refractivity contribution in [2.75, 3.05) is 0 Å². The fourth-order valence-corrected chi connectivity index (χ4v) is 4.29. The maximum atomic E-state index is 12.8. The lowest BCUT2D eigenvalue weighted by Gasteiger charge is -2.02. The zero-order chi connectivity index (χ0) is 14.1. The number of thiazole rings is 1. The molecular formula is C14H12FNO2S2. The van der Waals surface area contributed by atoms with Crippen molar-refractivity contribution in [2.45, 2.75) is 29.4 Å². The number of aliphatic carboxylic acids is 1. The van der Waals surface area contributed by atoms with Gasteiger partial charge in [0.15, 0.2) is 0 Å². The van der Waals surface area contributed by atoms with E-state index in [2.05, 4.69) is 4.98 Å². The Hall–Kier alpha value is -1.40. The van der Waals surface area contributed by atoms with E-state index < -0.39 is 11.9 Å². The van der Waals surface area contributed by atoms with Gasteiger partial charge in [0.05, 0.1) is 11.4 Å². The molecule has 0 saturated heterocycles. The molecule has 0 fully saturated rings. The van der Waals surface area contributed by atoms with Gasteiger partial charge in [-0.05, 0) is 37.1 Å². The van der Waals surface area contributed by atoms with Gasteiger partial charge in [-0.3, -0.25) is 4.79 Å². The van der Waals surface area contributed by atoms with E-state index in [4.69, 9.17) is 5.11 Å². The molecule has 1 unspecified atom stereocenters. The molecule has 0 spiro atoms. The largest absolute Gasteiger partial charge is 0.481 e. The van der Waals surface area contributed by atoms with Gasteiger partial charge in [0.1, 0.15) is 16.7 Å². The minimum absolute atomic E-state index is 0.244. The van der Waals surface area contributed by atoms with Crippen molar-refractivity contribution in [1.29, 1.82) is 0 Å². The summed E-state index contributed by atoms with van der Waals surface area (Å²) in [6.07, 6.45) is 1.47. The highest BCUT2D eigenvalue weighted by Crippen LogP contribution is 2.38. The molecule has 0 aliphatic heterocycles. The first-order chi connectivity index (χ1) is 9.63. The van der Waals surface area contributed by atoms with Crippen molar-refractivity contribution in [3.63, 3.8) is 0 Å². The average Bonchev–Trinajstić information content (AvgIpc) is 2.97. The van der Waals surface area contributed by atoms with Gasteiger partial charge < -0.3 is 5.11 Å². The highest BCUT2D eigenvalue weighted by Gasteiger charge is 2.32. The summed E-state index contributed by atoms with van der Waals surface area (Å²) >= 11 is 3.18. The van der Waals surface area contributed by atoms with Crippen molar-refractivity contribution in [1.82, 2.24) is 4.98 Å². The predicted molar refractivity (Wildman–Crippen MR) is 76.8 cm³/mol. The van der Waals surface area contributed by atoms with Crippen LogP contribution in [0.3, 0.4) is 0 Å². The Labute approximate surface area is 123 Å². The molecule has 1 atom stereocenters. The monoisotopic (exact) mass is 309 g/mol. The zero-order valence-corrected chi connectivity index (χ0v) is 12.1. The molecule has 104 valence electrons. The summed E-state index contributed by atoms with van der Waals surface area (Å²) < 4.78 is 12.8. The quantitative estimate of drug-likeness (QED) is 0.875. The Morgan fingerprint density at radius 1 is 1.45 bits per heavy atom. The van der Waals surface area contributed by atoms with Gasteiger partial charge in [0, 0.05) is 9.77 Å². The number of hydrogen-bond donors (Lipinski definition) is 1. The van der Waals surface area contributed by atoms with Crippen LogP contribution in [-0.4, -0.2) is 16.1 Å². The van der Waals surface area contributed by atoms with Crippen molar-refractivity contribution in [2.24, 2.45) is 0 Å². The van der Waals surface area contributed by atoms with Crippen LogP contribution >= 0.6 is 23.1 Å². The van der Waals surface area contributed by atoms with E-state index >= 15 is 0 Å². The molecule has 0 saturated carbocycles. The van der Waals surface area contributed by atoms with Gasteiger partial charge in [-0.2, -0.15) is 0 Å². The number of thioether (sulfide) groups is 1. The molecule has 2 aromatic rings. The lowest BCUT2D eigenvalue weighted by molar-refractivity contribution is -0.138. The molecule has 0 amide bonds. The maximum absolute atomic E-state index is 12.8. The van der Waals surface area contributed by atoms with Crippen LogP contribution in [0.5, 0.6) is 0 Å². The van der Waals surface area contributed by atoms with E-state index in [9.17, 15) is 9.18 Å². The molecule has 1 aromatic carbocycles. The van der Waals surface area contributed by atoms with Crippen LogP contribution in [0, 0.1) is 5.82 Å². The Morgan fingerprint density at radius 2 is 2.20 bits per heavy atom. The topological polar surface area (TPSA) is 50.2 Å². The van der Waals surface area contributed by atoms with Gasteiger partial charge in [0.2, 0.25) is 0 Å². The zero-order valence-electron chi connectivity index (χ0n) is 10.5. The normalized spacial score (nSPS) is 17.1. The summed E-state index contributed by atoms with van der Waals surface area (Å²) in [6.45, 7) is 0. The molecule has 20 heavy (non-hydrogen) atoms. The molecular weight excluding hydrogens is 297 g/mol. The molecule has 3 nitrogen and oxygen atoms in total. The van der Waals surface area contributed by atoms with Crippen molar-refractivity contribution in [3.8, 4) is 0 Å². The first-order valence-corrected chi connectivity index (χ1v) is 8.03. The number of aryl methyl sites for hydroxylation is 1. The Kier molecular flexibility index (Phi) is 3.76. The van der Waals surface area contributed by atoms with Gasteiger partial charge in [-0.25, -0.2) is 9.37 Å². The standard InChI is InChI=1S/C14H12FNO2S2/c15-8-1-3-9(4-2-8)19-7-12-16-13-10(14(17)18)5-6-11(13)20-12/h1-4,10H,5-7H2,(H,17,18). The van der Waals surface area contributed by atoms with Crippen LogP contribution in [0.4, 0.5) is 4.39 Å². The molecule has 1 heterocycles. The third-order valence-corrected chi connectivity index (χ3v) is 5.57. The van der Waals surface area contributed by atoms with Gasteiger partial charge >= 0.3 is 5.97 Å². The fraction of sp³-hybridized carbons (Fsp3) is 0.286. The number of hydrogen-bond acceptors (Lipinski definition) is 4. The maximum Gasteiger partial charge on any atom is 0.312 e. The van der Waals surface area contributed by atoms with Gasteiger partial charge in [0.25, 0.3) is 0 Å². The third kappa shape index (κ3) is 2.71. The molecule has 0 bridgehead atoms. The lowest BCUT2D eigenvalue weighted by Crippen LogP contribution is -2.08. The summed E-state index contributed by atoms with van der Waals surface area (Å²) in [7, 11) is 0. The first-order valence-electron chi connectivity index (χ1n) is 6.23. The molecule has 1 aliphatic carbocycles. The minimum atomic E-state index is -0.785. The van der Waals surface area contributed by atoms with E-state index in [1.165, 1.54) is 12.1 Å². The second-order valence-corrected chi connectivity index (χ2v) is 6.81. The van der Waals surface area contributed by atoms with Gasteiger partial charge in [-0.1, -0.05) is 0 Å². The number of aromatic nitrogens is 1. The van der Waals surface area contributed by atoms with E-state index in [-0.39, 0.29) is 5.82 Å². The number of halogens is 1. The van der Waals surface area contributed by atoms with Crippen LogP contribution in [0.1, 0.15) is 27.9 Å². The van der Waals surface area contributed by atoms with E-state index in [0.717, 1.165) is 26.9 Å². The highest BCUT2D eigenvalue weighted by molar-refractivity contribution is 7.98. The SMILES string of the molecule is O=C(O)C1CCc2sc(CSc3ccc(F)cc3)nc21.